The summed E-state index contributed by atoms with van der Waals surface area (Å²) in [6.07, 6.45) is 46.0. The largest absolute Gasteiger partial charge is 0.396 e. The predicted octanol–water partition coefficient (Wildman–Crippen LogP) is 13.3. The number of aliphatic hydroxyl groups is 1. The quantitative estimate of drug-likeness (QED) is 0.0687. The van der Waals surface area contributed by atoms with Crippen LogP contribution in [0, 0.1) is 0 Å². The van der Waals surface area contributed by atoms with Crippen LogP contribution in [-0.4, -0.2) is 11.7 Å². The Morgan fingerprint density at radius 1 is 0.270 bits per heavy atom. The maximum absolute atomic E-state index is 8.78. The molecule has 0 aromatic heterocycles. The van der Waals surface area contributed by atoms with E-state index in [2.05, 4.69) is 20.1 Å². The third-order valence-electron chi connectivity index (χ3n) is 8.01. The Balaban J connectivity index is 0. The molecule has 0 aliphatic carbocycles. The molecule has 1 N–H and O–H groups in total. The minimum absolute atomic E-state index is 0.375. The minimum Gasteiger partial charge on any atom is -0.396 e. The highest BCUT2D eigenvalue weighted by molar-refractivity contribution is 4.52. The van der Waals surface area contributed by atoms with Crippen molar-refractivity contribution in [3.63, 3.8) is 0 Å². The first-order valence-electron chi connectivity index (χ1n) is 17.5. The van der Waals surface area contributed by atoms with Crippen LogP contribution in [0.3, 0.4) is 0 Å². The first-order chi connectivity index (χ1) is 18.4. The third-order valence-corrected chi connectivity index (χ3v) is 8.01. The van der Waals surface area contributed by atoms with E-state index in [1.165, 1.54) is 199 Å². The Morgan fingerprint density at radius 3 is 0.541 bits per heavy atom. The molecule has 0 rings (SSSR count). The molecule has 0 bridgehead atoms. The van der Waals surface area contributed by atoms with Gasteiger partial charge in [-0.15, -0.1) is 13.2 Å². The molecule has 0 saturated heterocycles. The lowest BCUT2D eigenvalue weighted by atomic mass is 10.0. The van der Waals surface area contributed by atoms with Gasteiger partial charge in [0.1, 0.15) is 0 Å². The topological polar surface area (TPSA) is 20.2 Å². The fourth-order valence-electron chi connectivity index (χ4n) is 5.49. The van der Waals surface area contributed by atoms with E-state index in [4.69, 9.17) is 5.11 Å². The smallest absolute Gasteiger partial charge is 0.0431 e. The Kier molecular flexibility index (Phi) is 42.2. The monoisotopic (exact) mass is 523 g/mol. The van der Waals surface area contributed by atoms with Crippen LogP contribution in [0.5, 0.6) is 0 Å². The van der Waals surface area contributed by atoms with Crippen LogP contribution in [0.4, 0.5) is 0 Å². The molecule has 0 unspecified atom stereocenters. The molecule has 0 aliphatic rings. The van der Waals surface area contributed by atoms with E-state index < -0.39 is 0 Å². The zero-order valence-electron chi connectivity index (χ0n) is 26.2. The summed E-state index contributed by atoms with van der Waals surface area (Å²) in [4.78, 5) is 0. The summed E-state index contributed by atoms with van der Waals surface area (Å²) in [5.41, 5.74) is 0. The first-order valence-corrected chi connectivity index (χ1v) is 17.5. The van der Waals surface area contributed by atoms with Crippen LogP contribution >= 0.6 is 0 Å². The SMILES string of the molecule is C=C.CCCCCCCCCCCCCCCCCCCCCCCCCCCCCCCCCCO. The molecule has 0 atom stereocenters. The molecule has 1 nitrogen and oxygen atoms in total. The Hall–Kier alpha value is -0.300. The van der Waals surface area contributed by atoms with Gasteiger partial charge in [-0.2, -0.15) is 0 Å². The van der Waals surface area contributed by atoms with Gasteiger partial charge in [-0.05, 0) is 6.42 Å². The van der Waals surface area contributed by atoms with E-state index in [9.17, 15) is 0 Å². The van der Waals surface area contributed by atoms with E-state index in [1.54, 1.807) is 0 Å². The Labute approximate surface area is 237 Å². The summed E-state index contributed by atoms with van der Waals surface area (Å²) in [7, 11) is 0. The van der Waals surface area contributed by atoms with Gasteiger partial charge in [-0.1, -0.05) is 206 Å². The minimum atomic E-state index is 0.375. The van der Waals surface area contributed by atoms with Gasteiger partial charge in [0.25, 0.3) is 0 Å². The fraction of sp³-hybridized carbons (Fsp3) is 0.944. The highest BCUT2D eigenvalue weighted by atomic mass is 16.2. The normalized spacial score (nSPS) is 11.0. The highest BCUT2D eigenvalue weighted by Gasteiger charge is 1.97. The van der Waals surface area contributed by atoms with Crippen LogP contribution in [0.2, 0.25) is 0 Å². The molecule has 0 aromatic carbocycles. The average molecular weight is 523 g/mol. The fourth-order valence-corrected chi connectivity index (χ4v) is 5.49. The number of unbranched alkanes of at least 4 members (excludes halogenated alkanes) is 31. The second-order valence-electron chi connectivity index (χ2n) is 11.7. The molecular weight excluding hydrogens is 448 g/mol. The second-order valence-corrected chi connectivity index (χ2v) is 11.7. The molecule has 224 valence electrons. The molecule has 37 heavy (non-hydrogen) atoms. The standard InChI is InChI=1S/C34H70O.C2H4/c1-2-3-4-5-6-7-8-9-10-11-12-13-14-15-16-17-18-19-20-21-22-23-24-25-26-27-28-29-30-31-32-33-34-35;1-2/h35H,2-34H2,1H3;1-2H2. The average Bonchev–Trinajstić information content (AvgIpc) is 2.93. The molecule has 0 radical (unpaired) electrons. The zero-order chi connectivity index (χ0) is 27.3. The lowest BCUT2D eigenvalue weighted by molar-refractivity contribution is 0.282. The molecule has 0 amide bonds. The molecule has 0 saturated carbocycles. The molecule has 0 heterocycles. The molecule has 0 fully saturated rings. The van der Waals surface area contributed by atoms with Crippen molar-refractivity contribution < 1.29 is 5.11 Å². The highest BCUT2D eigenvalue weighted by Crippen LogP contribution is 2.16. The van der Waals surface area contributed by atoms with Crippen molar-refractivity contribution in [3.8, 4) is 0 Å². The maximum Gasteiger partial charge on any atom is 0.0431 e. The van der Waals surface area contributed by atoms with Crippen LogP contribution in [0.15, 0.2) is 13.2 Å². The number of rotatable bonds is 32. The number of hydrogen-bond donors (Lipinski definition) is 1. The van der Waals surface area contributed by atoms with E-state index in [-0.39, 0.29) is 0 Å². The summed E-state index contributed by atoms with van der Waals surface area (Å²) >= 11 is 0. The van der Waals surface area contributed by atoms with Gasteiger partial charge in [0.15, 0.2) is 0 Å². The summed E-state index contributed by atoms with van der Waals surface area (Å²) in [5.74, 6) is 0. The summed E-state index contributed by atoms with van der Waals surface area (Å²) in [6.45, 7) is 8.68. The third kappa shape index (κ3) is 40.3. The van der Waals surface area contributed by atoms with Gasteiger partial charge in [0, 0.05) is 6.61 Å². The van der Waals surface area contributed by atoms with Crippen molar-refractivity contribution in [2.24, 2.45) is 0 Å². The van der Waals surface area contributed by atoms with Crippen LogP contribution in [0.25, 0.3) is 0 Å². The number of aliphatic hydroxyl groups excluding tert-OH is 1. The first kappa shape index (κ1) is 38.8. The van der Waals surface area contributed by atoms with Gasteiger partial charge in [0.05, 0.1) is 0 Å². The lowest BCUT2D eigenvalue weighted by Gasteiger charge is -2.04. The molecule has 0 spiro atoms. The van der Waals surface area contributed by atoms with Gasteiger partial charge >= 0.3 is 0 Å². The van der Waals surface area contributed by atoms with Crippen LogP contribution in [-0.2, 0) is 0 Å². The molecule has 0 aromatic rings. The van der Waals surface area contributed by atoms with Crippen molar-refractivity contribution in [1.29, 1.82) is 0 Å². The Bertz CT molecular complexity index is 321. The summed E-state index contributed by atoms with van der Waals surface area (Å²) in [6, 6.07) is 0. The van der Waals surface area contributed by atoms with Gasteiger partial charge in [0.2, 0.25) is 0 Å². The Morgan fingerprint density at radius 2 is 0.405 bits per heavy atom. The van der Waals surface area contributed by atoms with Crippen molar-refractivity contribution in [3.05, 3.63) is 13.2 Å². The predicted molar refractivity (Wildman–Crippen MR) is 172 cm³/mol. The molecule has 1 heteroatoms. The van der Waals surface area contributed by atoms with Gasteiger partial charge in [-0.3, -0.25) is 0 Å². The van der Waals surface area contributed by atoms with Crippen molar-refractivity contribution in [1.82, 2.24) is 0 Å². The lowest BCUT2D eigenvalue weighted by Crippen LogP contribution is -1.85. The van der Waals surface area contributed by atoms with Crippen molar-refractivity contribution in [2.75, 3.05) is 6.61 Å². The molecule has 0 aliphatic heterocycles. The van der Waals surface area contributed by atoms with E-state index in [0.717, 1.165) is 6.42 Å². The van der Waals surface area contributed by atoms with E-state index in [1.807, 2.05) is 0 Å². The van der Waals surface area contributed by atoms with Crippen LogP contribution < -0.4 is 0 Å². The van der Waals surface area contributed by atoms with Crippen molar-refractivity contribution in [2.45, 2.75) is 212 Å². The van der Waals surface area contributed by atoms with Crippen molar-refractivity contribution >= 4 is 0 Å². The van der Waals surface area contributed by atoms with E-state index >= 15 is 0 Å². The summed E-state index contributed by atoms with van der Waals surface area (Å²) in [5, 5.41) is 8.78. The second kappa shape index (κ2) is 40.2. The summed E-state index contributed by atoms with van der Waals surface area (Å²) < 4.78 is 0. The van der Waals surface area contributed by atoms with E-state index in [0.29, 0.717) is 6.61 Å². The van der Waals surface area contributed by atoms with Crippen LogP contribution in [0.1, 0.15) is 212 Å². The molecular formula is C36H74O. The van der Waals surface area contributed by atoms with Gasteiger partial charge in [-0.25, -0.2) is 0 Å². The van der Waals surface area contributed by atoms with Gasteiger partial charge < -0.3 is 5.11 Å². The maximum atomic E-state index is 8.78. The number of hydrogen-bond acceptors (Lipinski definition) is 1. The zero-order valence-corrected chi connectivity index (χ0v) is 26.2.